The molecule has 1 atom stereocenters. The van der Waals surface area contributed by atoms with Crippen molar-refractivity contribution in [1.82, 2.24) is 15.5 Å². The van der Waals surface area contributed by atoms with Crippen LogP contribution in [0, 0.1) is 6.92 Å². The van der Waals surface area contributed by atoms with Gasteiger partial charge in [0.05, 0.1) is 24.7 Å². The summed E-state index contributed by atoms with van der Waals surface area (Å²) in [4.78, 5) is 16.3. The molecule has 1 amide bonds. The molecule has 0 bridgehead atoms. The highest BCUT2D eigenvalue weighted by molar-refractivity contribution is 6.32. The lowest BCUT2D eigenvalue weighted by molar-refractivity contribution is -0.121. The second kappa shape index (κ2) is 7.09. The van der Waals surface area contributed by atoms with Gasteiger partial charge < -0.3 is 19.3 Å². The number of aromatic nitrogens is 2. The van der Waals surface area contributed by atoms with Crippen molar-refractivity contribution < 1.29 is 18.8 Å². The summed E-state index contributed by atoms with van der Waals surface area (Å²) in [5.74, 6) is 1.83. The summed E-state index contributed by atoms with van der Waals surface area (Å²) < 4.78 is 16.3. The van der Waals surface area contributed by atoms with Crippen LogP contribution in [0.5, 0.6) is 11.5 Å². The van der Waals surface area contributed by atoms with E-state index >= 15 is 0 Å². The van der Waals surface area contributed by atoms with Gasteiger partial charge in [-0.15, -0.1) is 0 Å². The standard InChI is InChI=1S/C16H18ClN3O4/c1-9(16-19-10(2)20-24-16)18-14(21)8-11-6-12(17)15-13(7-11)22-4-3-5-23-15/h6-7,9H,3-5,8H2,1-2H3,(H,18,21). The molecule has 8 heteroatoms. The van der Waals surface area contributed by atoms with E-state index in [4.69, 9.17) is 25.6 Å². The van der Waals surface area contributed by atoms with Crippen LogP contribution in [0.3, 0.4) is 0 Å². The quantitative estimate of drug-likeness (QED) is 0.911. The van der Waals surface area contributed by atoms with Crippen molar-refractivity contribution in [1.29, 1.82) is 0 Å². The summed E-state index contributed by atoms with van der Waals surface area (Å²) in [6.07, 6.45) is 0.954. The van der Waals surface area contributed by atoms with Crippen LogP contribution >= 0.6 is 11.6 Å². The molecule has 1 unspecified atom stereocenters. The zero-order valence-electron chi connectivity index (χ0n) is 13.5. The van der Waals surface area contributed by atoms with Gasteiger partial charge in [-0.05, 0) is 31.5 Å². The van der Waals surface area contributed by atoms with Crippen LogP contribution in [-0.2, 0) is 11.2 Å². The number of rotatable bonds is 4. The SMILES string of the molecule is Cc1noc(C(C)NC(=O)Cc2cc(Cl)c3c(c2)OCCCO3)n1. The van der Waals surface area contributed by atoms with Crippen LogP contribution < -0.4 is 14.8 Å². The van der Waals surface area contributed by atoms with Gasteiger partial charge in [-0.25, -0.2) is 0 Å². The Bertz CT molecular complexity index is 747. The van der Waals surface area contributed by atoms with Gasteiger partial charge in [-0.3, -0.25) is 4.79 Å². The van der Waals surface area contributed by atoms with E-state index in [1.54, 1.807) is 26.0 Å². The molecule has 1 aliphatic rings. The van der Waals surface area contributed by atoms with E-state index < -0.39 is 0 Å². The average Bonchev–Trinajstić information content (AvgIpc) is 2.81. The van der Waals surface area contributed by atoms with Crippen LogP contribution in [0.25, 0.3) is 0 Å². The summed E-state index contributed by atoms with van der Waals surface area (Å²) in [5, 5.41) is 6.97. The molecule has 0 aliphatic carbocycles. The van der Waals surface area contributed by atoms with Crippen LogP contribution in [0.15, 0.2) is 16.7 Å². The molecule has 0 saturated heterocycles. The van der Waals surface area contributed by atoms with Crippen molar-refractivity contribution >= 4 is 17.5 Å². The van der Waals surface area contributed by atoms with Gasteiger partial charge in [-0.1, -0.05) is 16.8 Å². The fourth-order valence-electron chi connectivity index (χ4n) is 2.41. The number of aryl methyl sites for hydroxylation is 1. The molecule has 1 aromatic carbocycles. The van der Waals surface area contributed by atoms with E-state index in [1.165, 1.54) is 0 Å². The number of nitrogens with zero attached hydrogens (tertiary/aromatic N) is 2. The molecule has 0 saturated carbocycles. The molecule has 24 heavy (non-hydrogen) atoms. The molecule has 0 radical (unpaired) electrons. The Hall–Kier alpha value is -2.28. The van der Waals surface area contributed by atoms with Gasteiger partial charge in [0.1, 0.15) is 6.04 Å². The largest absolute Gasteiger partial charge is 0.489 e. The number of nitrogens with one attached hydrogen (secondary N) is 1. The zero-order chi connectivity index (χ0) is 17.1. The molecule has 1 N–H and O–H groups in total. The minimum Gasteiger partial charge on any atom is -0.489 e. The molecular formula is C16H18ClN3O4. The van der Waals surface area contributed by atoms with Gasteiger partial charge in [0.15, 0.2) is 17.3 Å². The number of ether oxygens (including phenoxy) is 2. The number of carbonyl (C=O) groups is 1. The summed E-state index contributed by atoms with van der Waals surface area (Å²) in [5.41, 5.74) is 0.746. The Morgan fingerprint density at radius 3 is 2.92 bits per heavy atom. The first-order chi connectivity index (χ1) is 11.5. The lowest BCUT2D eigenvalue weighted by Crippen LogP contribution is -2.28. The molecular weight excluding hydrogens is 334 g/mol. The second-order valence-electron chi connectivity index (χ2n) is 5.60. The number of fused-ring (bicyclic) bond motifs is 1. The van der Waals surface area contributed by atoms with Crippen LogP contribution in [0.4, 0.5) is 0 Å². The first kappa shape index (κ1) is 16.6. The summed E-state index contributed by atoms with van der Waals surface area (Å²) >= 11 is 6.24. The Morgan fingerprint density at radius 2 is 2.17 bits per heavy atom. The summed E-state index contributed by atoms with van der Waals surface area (Å²) in [6, 6.07) is 3.14. The molecule has 128 valence electrons. The van der Waals surface area contributed by atoms with E-state index in [1.807, 2.05) is 0 Å². The summed E-state index contributed by atoms with van der Waals surface area (Å²) in [6.45, 7) is 4.63. The lowest BCUT2D eigenvalue weighted by atomic mass is 10.1. The van der Waals surface area contributed by atoms with E-state index in [9.17, 15) is 4.79 Å². The zero-order valence-corrected chi connectivity index (χ0v) is 14.2. The Kier molecular flexibility index (Phi) is 4.89. The first-order valence-electron chi connectivity index (χ1n) is 7.70. The third-order valence-corrected chi connectivity index (χ3v) is 3.80. The fraction of sp³-hybridized carbons (Fsp3) is 0.438. The Labute approximate surface area is 144 Å². The van der Waals surface area contributed by atoms with Crippen molar-refractivity contribution in [2.45, 2.75) is 32.7 Å². The minimum atomic E-state index is -0.366. The van der Waals surface area contributed by atoms with Gasteiger partial charge in [-0.2, -0.15) is 4.98 Å². The third kappa shape index (κ3) is 3.79. The van der Waals surface area contributed by atoms with E-state index in [0.29, 0.717) is 41.5 Å². The van der Waals surface area contributed by atoms with Crippen molar-refractivity contribution in [2.75, 3.05) is 13.2 Å². The molecule has 1 aromatic heterocycles. The smallest absolute Gasteiger partial charge is 0.248 e. The van der Waals surface area contributed by atoms with Crippen molar-refractivity contribution in [3.63, 3.8) is 0 Å². The van der Waals surface area contributed by atoms with E-state index in [2.05, 4.69) is 15.5 Å². The highest BCUT2D eigenvalue weighted by Crippen LogP contribution is 2.38. The number of hydrogen-bond donors (Lipinski definition) is 1. The minimum absolute atomic E-state index is 0.161. The second-order valence-corrected chi connectivity index (χ2v) is 6.01. The van der Waals surface area contributed by atoms with Crippen LogP contribution in [-0.4, -0.2) is 29.3 Å². The monoisotopic (exact) mass is 351 g/mol. The Balaban J connectivity index is 1.68. The van der Waals surface area contributed by atoms with Crippen molar-refractivity contribution in [2.24, 2.45) is 0 Å². The highest BCUT2D eigenvalue weighted by Gasteiger charge is 2.19. The van der Waals surface area contributed by atoms with Gasteiger partial charge in [0, 0.05) is 6.42 Å². The van der Waals surface area contributed by atoms with Gasteiger partial charge in [0.2, 0.25) is 11.8 Å². The number of carbonyl (C=O) groups excluding carboxylic acids is 1. The topological polar surface area (TPSA) is 86.5 Å². The fourth-order valence-corrected chi connectivity index (χ4v) is 2.70. The van der Waals surface area contributed by atoms with Gasteiger partial charge in [0.25, 0.3) is 0 Å². The normalized spacial score (nSPS) is 14.8. The number of hydrogen-bond acceptors (Lipinski definition) is 6. The highest BCUT2D eigenvalue weighted by atomic mass is 35.5. The average molecular weight is 352 g/mol. The molecule has 2 aromatic rings. The van der Waals surface area contributed by atoms with Crippen LogP contribution in [0.2, 0.25) is 5.02 Å². The van der Waals surface area contributed by atoms with E-state index in [-0.39, 0.29) is 18.4 Å². The maximum atomic E-state index is 12.2. The lowest BCUT2D eigenvalue weighted by Gasteiger charge is -2.13. The molecule has 0 spiro atoms. The van der Waals surface area contributed by atoms with Crippen LogP contribution in [0.1, 0.15) is 36.7 Å². The number of benzene rings is 1. The predicted octanol–water partition coefficient (Wildman–Crippen LogP) is 2.61. The molecule has 7 nitrogen and oxygen atoms in total. The number of amides is 1. The molecule has 3 rings (SSSR count). The third-order valence-electron chi connectivity index (χ3n) is 3.52. The van der Waals surface area contributed by atoms with Crippen molar-refractivity contribution in [3.8, 4) is 11.5 Å². The van der Waals surface area contributed by atoms with Gasteiger partial charge >= 0.3 is 0 Å². The molecule has 1 aliphatic heterocycles. The maximum Gasteiger partial charge on any atom is 0.248 e. The predicted molar refractivity (Wildman–Crippen MR) is 86.4 cm³/mol. The Morgan fingerprint density at radius 1 is 1.38 bits per heavy atom. The number of halogens is 1. The van der Waals surface area contributed by atoms with Crippen molar-refractivity contribution in [3.05, 3.63) is 34.4 Å². The molecule has 0 fully saturated rings. The molecule has 2 heterocycles. The first-order valence-corrected chi connectivity index (χ1v) is 8.08. The van der Waals surface area contributed by atoms with E-state index in [0.717, 1.165) is 12.0 Å². The summed E-state index contributed by atoms with van der Waals surface area (Å²) in [7, 11) is 0. The maximum absolute atomic E-state index is 12.2.